The number of anilines is 1. The number of carbonyl (C=O) groups excluding carboxylic acids is 1. The van der Waals surface area contributed by atoms with Gasteiger partial charge in [-0.15, -0.1) is 0 Å². The Hall–Kier alpha value is -4.06. The number of hydrogen-bond donors (Lipinski definition) is 0. The van der Waals surface area contributed by atoms with Crippen LogP contribution in [0.15, 0.2) is 88.1 Å². The summed E-state index contributed by atoms with van der Waals surface area (Å²) >= 11 is 0. The summed E-state index contributed by atoms with van der Waals surface area (Å²) in [6.07, 6.45) is -0.646. The maximum atomic E-state index is 13.2. The fraction of sp³-hybridized carbons (Fsp3) is 0.241. The monoisotopic (exact) mass is 468 g/mol. The highest BCUT2D eigenvalue weighted by Gasteiger charge is 2.26. The highest BCUT2D eigenvalue weighted by atomic mass is 16.5. The summed E-state index contributed by atoms with van der Waals surface area (Å²) in [7, 11) is 0. The predicted octanol–water partition coefficient (Wildman–Crippen LogP) is 4.88. The van der Waals surface area contributed by atoms with E-state index in [0.717, 1.165) is 18.7 Å². The Morgan fingerprint density at radius 2 is 1.57 bits per heavy atom. The first-order valence-electron chi connectivity index (χ1n) is 11.9. The highest BCUT2D eigenvalue weighted by molar-refractivity contribution is 5.84. The van der Waals surface area contributed by atoms with Crippen LogP contribution in [0.5, 0.6) is 5.75 Å². The van der Waals surface area contributed by atoms with Gasteiger partial charge in [0.15, 0.2) is 6.10 Å². The third kappa shape index (κ3) is 4.64. The van der Waals surface area contributed by atoms with Gasteiger partial charge in [0, 0.05) is 37.9 Å². The Morgan fingerprint density at radius 1 is 0.914 bits per heavy atom. The van der Waals surface area contributed by atoms with Crippen molar-refractivity contribution in [3.8, 4) is 16.9 Å². The second kappa shape index (κ2) is 9.66. The van der Waals surface area contributed by atoms with Crippen molar-refractivity contribution in [3.63, 3.8) is 0 Å². The lowest BCUT2D eigenvalue weighted by Crippen LogP contribution is -2.52. The first-order valence-corrected chi connectivity index (χ1v) is 11.9. The lowest BCUT2D eigenvalue weighted by atomic mass is 10.0. The van der Waals surface area contributed by atoms with Crippen molar-refractivity contribution in [2.75, 3.05) is 31.1 Å². The Kier molecular flexibility index (Phi) is 6.27. The van der Waals surface area contributed by atoms with Crippen molar-refractivity contribution in [2.45, 2.75) is 20.0 Å². The molecule has 6 heteroatoms. The number of hydrogen-bond acceptors (Lipinski definition) is 5. The minimum absolute atomic E-state index is 0.0464. The first kappa shape index (κ1) is 22.7. The number of piperazine rings is 1. The van der Waals surface area contributed by atoms with Crippen LogP contribution in [0.3, 0.4) is 0 Å². The molecule has 0 radical (unpaired) electrons. The number of rotatable bonds is 5. The molecule has 35 heavy (non-hydrogen) atoms. The van der Waals surface area contributed by atoms with Crippen LogP contribution in [-0.2, 0) is 4.79 Å². The lowest BCUT2D eigenvalue weighted by Gasteiger charge is -2.37. The van der Waals surface area contributed by atoms with Crippen molar-refractivity contribution in [1.82, 2.24) is 4.90 Å². The molecule has 0 saturated carbocycles. The number of benzene rings is 3. The minimum atomic E-state index is -0.646. The van der Waals surface area contributed by atoms with E-state index in [1.54, 1.807) is 32.0 Å². The van der Waals surface area contributed by atoms with Crippen LogP contribution in [0.25, 0.3) is 22.1 Å². The van der Waals surface area contributed by atoms with Crippen molar-refractivity contribution < 1.29 is 13.9 Å². The van der Waals surface area contributed by atoms with Gasteiger partial charge in [0.1, 0.15) is 17.1 Å². The van der Waals surface area contributed by atoms with Gasteiger partial charge in [-0.1, -0.05) is 48.5 Å². The van der Waals surface area contributed by atoms with Gasteiger partial charge in [-0.2, -0.15) is 0 Å². The predicted molar refractivity (Wildman–Crippen MR) is 138 cm³/mol. The molecule has 5 rings (SSSR count). The van der Waals surface area contributed by atoms with Crippen molar-refractivity contribution in [2.24, 2.45) is 0 Å². The second-order valence-corrected chi connectivity index (χ2v) is 8.79. The molecule has 1 atom stereocenters. The number of aryl methyl sites for hydroxylation is 1. The number of fused-ring (bicyclic) bond motifs is 1. The number of nitrogens with zero attached hydrogens (tertiary/aromatic N) is 2. The quantitative estimate of drug-likeness (QED) is 0.418. The number of carbonyl (C=O) groups is 1. The van der Waals surface area contributed by atoms with E-state index in [-0.39, 0.29) is 11.3 Å². The van der Waals surface area contributed by atoms with Crippen LogP contribution in [0.2, 0.25) is 0 Å². The Bertz CT molecular complexity index is 1390. The molecule has 1 aliphatic rings. The molecule has 0 N–H and O–H groups in total. The van der Waals surface area contributed by atoms with E-state index in [2.05, 4.69) is 17.0 Å². The Balaban J connectivity index is 1.29. The molecule has 4 aromatic rings. The average molecular weight is 469 g/mol. The molecule has 0 bridgehead atoms. The molecule has 0 spiro atoms. The van der Waals surface area contributed by atoms with Gasteiger partial charge in [0.2, 0.25) is 5.43 Å². The maximum Gasteiger partial charge on any atom is 0.263 e. The molecular formula is C29H28N2O4. The number of para-hydroxylation sites is 1. The van der Waals surface area contributed by atoms with Crippen LogP contribution in [0.1, 0.15) is 12.7 Å². The second-order valence-electron chi connectivity index (χ2n) is 8.79. The lowest BCUT2D eigenvalue weighted by molar-refractivity contribution is -0.138. The van der Waals surface area contributed by atoms with Crippen LogP contribution < -0.4 is 15.1 Å². The molecule has 3 aromatic carbocycles. The molecule has 1 aliphatic heterocycles. The van der Waals surface area contributed by atoms with Crippen molar-refractivity contribution in [3.05, 3.63) is 94.8 Å². The molecule has 0 unspecified atom stereocenters. The zero-order valence-electron chi connectivity index (χ0n) is 19.9. The van der Waals surface area contributed by atoms with Crippen molar-refractivity contribution in [1.29, 1.82) is 0 Å². The fourth-order valence-electron chi connectivity index (χ4n) is 4.63. The van der Waals surface area contributed by atoms with E-state index >= 15 is 0 Å². The minimum Gasteiger partial charge on any atom is -0.481 e. The zero-order chi connectivity index (χ0) is 24.4. The molecule has 6 nitrogen and oxygen atoms in total. The van der Waals surface area contributed by atoms with E-state index < -0.39 is 6.10 Å². The number of ether oxygens (including phenoxy) is 1. The zero-order valence-corrected chi connectivity index (χ0v) is 19.9. The summed E-state index contributed by atoms with van der Waals surface area (Å²) in [5, 5.41) is 0.484. The summed E-state index contributed by atoms with van der Waals surface area (Å²) in [4.78, 5) is 30.3. The summed E-state index contributed by atoms with van der Waals surface area (Å²) < 4.78 is 12.0. The van der Waals surface area contributed by atoms with Crippen LogP contribution in [0, 0.1) is 6.92 Å². The Morgan fingerprint density at radius 3 is 2.26 bits per heavy atom. The van der Waals surface area contributed by atoms with Crippen LogP contribution in [0.4, 0.5) is 5.69 Å². The molecule has 0 aliphatic carbocycles. The van der Waals surface area contributed by atoms with Gasteiger partial charge in [-0.3, -0.25) is 9.59 Å². The fourth-order valence-corrected chi connectivity index (χ4v) is 4.63. The van der Waals surface area contributed by atoms with Gasteiger partial charge in [0.05, 0.1) is 10.9 Å². The third-order valence-corrected chi connectivity index (χ3v) is 6.48. The normalized spacial score (nSPS) is 14.7. The third-order valence-electron chi connectivity index (χ3n) is 6.48. The van der Waals surface area contributed by atoms with Crippen LogP contribution in [-0.4, -0.2) is 43.1 Å². The van der Waals surface area contributed by atoms with Gasteiger partial charge in [-0.05, 0) is 43.7 Å². The van der Waals surface area contributed by atoms with Gasteiger partial charge >= 0.3 is 0 Å². The SMILES string of the molecule is Cc1oc2cc(O[C@H](C)C(=O)N3CCN(c4ccccc4)CC3)ccc2c(=O)c1-c1ccccc1. The van der Waals surface area contributed by atoms with Gasteiger partial charge in [0.25, 0.3) is 5.91 Å². The molecule has 1 amide bonds. The molecule has 2 heterocycles. The Labute approximate surface area is 204 Å². The molecular weight excluding hydrogens is 440 g/mol. The molecule has 1 saturated heterocycles. The van der Waals surface area contributed by atoms with E-state index in [1.165, 1.54) is 5.69 Å². The van der Waals surface area contributed by atoms with Gasteiger partial charge in [-0.25, -0.2) is 0 Å². The average Bonchev–Trinajstić information content (AvgIpc) is 2.89. The molecule has 178 valence electrons. The summed E-state index contributed by atoms with van der Waals surface area (Å²) in [6, 6.07) is 24.9. The number of amides is 1. The highest BCUT2D eigenvalue weighted by Crippen LogP contribution is 2.27. The van der Waals surface area contributed by atoms with E-state index in [4.69, 9.17) is 9.15 Å². The van der Waals surface area contributed by atoms with E-state index in [1.807, 2.05) is 53.4 Å². The molecule has 1 aromatic heterocycles. The van der Waals surface area contributed by atoms with Crippen LogP contribution >= 0.6 is 0 Å². The summed E-state index contributed by atoms with van der Waals surface area (Å²) in [5.41, 5.74) is 2.92. The topological polar surface area (TPSA) is 63.0 Å². The summed E-state index contributed by atoms with van der Waals surface area (Å²) in [6.45, 7) is 6.41. The van der Waals surface area contributed by atoms with Crippen molar-refractivity contribution >= 4 is 22.6 Å². The summed E-state index contributed by atoms with van der Waals surface area (Å²) in [5.74, 6) is 0.998. The first-order chi connectivity index (χ1) is 17.0. The standard InChI is InChI=1S/C29H28N2O4/c1-20-27(22-9-5-3-6-10-22)28(32)25-14-13-24(19-26(25)35-20)34-21(2)29(33)31-17-15-30(16-18-31)23-11-7-4-8-12-23/h3-14,19,21H,15-18H2,1-2H3/t21-/m1/s1. The van der Waals surface area contributed by atoms with E-state index in [9.17, 15) is 9.59 Å². The smallest absolute Gasteiger partial charge is 0.263 e. The largest absolute Gasteiger partial charge is 0.481 e. The van der Waals surface area contributed by atoms with E-state index in [0.29, 0.717) is 41.1 Å². The molecule has 1 fully saturated rings. The maximum absolute atomic E-state index is 13.2. The van der Waals surface area contributed by atoms with Gasteiger partial charge < -0.3 is 19.0 Å².